The number of esters is 1. The smallest absolute Gasteiger partial charge is 0.337 e. The summed E-state index contributed by atoms with van der Waals surface area (Å²) in [7, 11) is 1.35. The van der Waals surface area contributed by atoms with Crippen LogP contribution in [0.2, 0.25) is 0 Å². The van der Waals surface area contributed by atoms with E-state index in [9.17, 15) is 9.59 Å². The molecule has 6 nitrogen and oxygen atoms in total. The van der Waals surface area contributed by atoms with Crippen molar-refractivity contribution in [1.29, 1.82) is 0 Å². The fourth-order valence-corrected chi connectivity index (χ4v) is 7.67. The molecule has 3 aliphatic rings. The molecule has 43 heavy (non-hydrogen) atoms. The molecule has 0 spiro atoms. The van der Waals surface area contributed by atoms with Crippen LogP contribution >= 0.6 is 0 Å². The quantitative estimate of drug-likeness (QED) is 0.154. The predicted octanol–water partition coefficient (Wildman–Crippen LogP) is 7.22. The molecule has 2 aromatic carbocycles. The minimum atomic E-state index is -0.343. The van der Waals surface area contributed by atoms with E-state index in [1.807, 2.05) is 12.1 Å². The zero-order chi connectivity index (χ0) is 31.3. The van der Waals surface area contributed by atoms with E-state index < -0.39 is 0 Å². The van der Waals surface area contributed by atoms with Crippen molar-refractivity contribution in [2.45, 2.75) is 52.4 Å². The number of allylic oxidation sites excluding steroid dienone is 3. The summed E-state index contributed by atoms with van der Waals surface area (Å²) in [6.45, 7) is 18.9. The number of Topliss-reactive ketones (excluding diaryl/α,β-unsaturated/α-hetero) is 1. The number of fused-ring (bicyclic) bond motifs is 3. The lowest BCUT2D eigenvalue weighted by molar-refractivity contribution is -0.130. The van der Waals surface area contributed by atoms with E-state index in [2.05, 4.69) is 50.5 Å². The zero-order valence-corrected chi connectivity index (χ0v) is 26.1. The first-order valence-electron chi connectivity index (χ1n) is 15.5. The van der Waals surface area contributed by atoms with Gasteiger partial charge in [0.05, 0.1) is 25.9 Å². The highest BCUT2D eigenvalue weighted by Gasteiger charge is 2.56. The Bertz CT molecular complexity index is 1350. The van der Waals surface area contributed by atoms with Crippen molar-refractivity contribution in [3.63, 3.8) is 0 Å². The molecule has 0 heterocycles. The molecule has 5 rings (SSSR count). The molecule has 0 radical (unpaired) electrons. The summed E-state index contributed by atoms with van der Waals surface area (Å²) >= 11 is 0. The Balaban J connectivity index is 0.000000324. The SMILES string of the molecule is C=C1C(=C)[C@@H](CC)CC2C1C(=O)C(=C)C1C2CCC[C@@]1(C)COCCc1ccc(N)cc1.COC(=O)c1ccc(N)cc1. The van der Waals surface area contributed by atoms with Crippen LogP contribution in [0.4, 0.5) is 11.4 Å². The Labute approximate surface area is 257 Å². The molecule has 2 aromatic rings. The number of ketones is 1. The Morgan fingerprint density at radius 1 is 0.953 bits per heavy atom. The summed E-state index contributed by atoms with van der Waals surface area (Å²) in [5.74, 6) is 1.29. The summed E-state index contributed by atoms with van der Waals surface area (Å²) in [5, 5.41) is 0. The summed E-state index contributed by atoms with van der Waals surface area (Å²) in [5.41, 5.74) is 17.2. The van der Waals surface area contributed by atoms with Gasteiger partial charge in [0.25, 0.3) is 0 Å². The van der Waals surface area contributed by atoms with Crippen LogP contribution in [0.1, 0.15) is 61.9 Å². The average molecular weight is 585 g/mol. The van der Waals surface area contributed by atoms with Gasteiger partial charge in [-0.2, -0.15) is 0 Å². The van der Waals surface area contributed by atoms with Gasteiger partial charge in [-0.3, -0.25) is 4.79 Å². The van der Waals surface area contributed by atoms with Gasteiger partial charge in [0, 0.05) is 17.3 Å². The minimum Gasteiger partial charge on any atom is -0.465 e. The fraction of sp³-hybridized carbons (Fsp3) is 0.459. The molecule has 0 amide bonds. The molecule has 0 saturated heterocycles. The average Bonchev–Trinajstić information content (AvgIpc) is 3.00. The van der Waals surface area contributed by atoms with Crippen LogP contribution in [0.25, 0.3) is 0 Å². The number of carbonyl (C=O) groups is 2. The molecule has 3 fully saturated rings. The highest BCUT2D eigenvalue weighted by Crippen LogP contribution is 2.59. The third-order valence-electron chi connectivity index (χ3n) is 10.0. The largest absolute Gasteiger partial charge is 0.465 e. The summed E-state index contributed by atoms with van der Waals surface area (Å²) in [4.78, 5) is 24.4. The second-order valence-corrected chi connectivity index (χ2v) is 12.8. The predicted molar refractivity (Wildman–Crippen MR) is 174 cm³/mol. The second-order valence-electron chi connectivity index (χ2n) is 12.8. The van der Waals surface area contributed by atoms with Crippen LogP contribution in [0.5, 0.6) is 0 Å². The molecule has 3 saturated carbocycles. The van der Waals surface area contributed by atoms with Crippen LogP contribution in [0, 0.1) is 35.0 Å². The Kier molecular flexibility index (Phi) is 10.3. The molecule has 0 aromatic heterocycles. The Morgan fingerprint density at radius 3 is 2.19 bits per heavy atom. The van der Waals surface area contributed by atoms with Gasteiger partial charge in [0.1, 0.15) is 0 Å². The second kappa shape index (κ2) is 13.8. The van der Waals surface area contributed by atoms with Crippen molar-refractivity contribution >= 4 is 23.1 Å². The van der Waals surface area contributed by atoms with Crippen LogP contribution in [0.3, 0.4) is 0 Å². The number of benzene rings is 2. The molecule has 6 heteroatoms. The highest BCUT2D eigenvalue weighted by molar-refractivity contribution is 6.01. The summed E-state index contributed by atoms with van der Waals surface area (Å²) < 4.78 is 10.7. The third-order valence-corrected chi connectivity index (χ3v) is 10.0. The maximum Gasteiger partial charge on any atom is 0.337 e. The normalized spacial score (nSPS) is 28.3. The van der Waals surface area contributed by atoms with Gasteiger partial charge in [-0.05, 0) is 120 Å². The first-order valence-corrected chi connectivity index (χ1v) is 15.5. The van der Waals surface area contributed by atoms with E-state index >= 15 is 0 Å². The van der Waals surface area contributed by atoms with Crippen molar-refractivity contribution in [3.8, 4) is 0 Å². The van der Waals surface area contributed by atoms with Gasteiger partial charge in [0.2, 0.25) is 0 Å². The van der Waals surface area contributed by atoms with Gasteiger partial charge >= 0.3 is 5.97 Å². The number of anilines is 2. The van der Waals surface area contributed by atoms with Crippen LogP contribution < -0.4 is 11.5 Å². The lowest BCUT2D eigenvalue weighted by Crippen LogP contribution is -2.53. The third kappa shape index (κ3) is 6.96. The number of rotatable bonds is 7. The summed E-state index contributed by atoms with van der Waals surface area (Å²) in [6, 6.07) is 14.6. The topological polar surface area (TPSA) is 105 Å². The number of hydrogen-bond donors (Lipinski definition) is 2. The fourth-order valence-electron chi connectivity index (χ4n) is 7.67. The van der Waals surface area contributed by atoms with Gasteiger partial charge < -0.3 is 20.9 Å². The molecule has 0 aliphatic heterocycles. The van der Waals surface area contributed by atoms with Crippen LogP contribution in [-0.2, 0) is 20.7 Å². The maximum absolute atomic E-state index is 13.5. The number of methoxy groups -OCH3 is 1. The van der Waals surface area contributed by atoms with E-state index in [1.165, 1.54) is 25.5 Å². The van der Waals surface area contributed by atoms with Crippen LogP contribution in [0.15, 0.2) is 85.0 Å². The van der Waals surface area contributed by atoms with Gasteiger partial charge in [0.15, 0.2) is 5.78 Å². The molecule has 230 valence electrons. The number of hydrogen-bond acceptors (Lipinski definition) is 6. The van der Waals surface area contributed by atoms with Gasteiger partial charge in [-0.25, -0.2) is 4.79 Å². The van der Waals surface area contributed by atoms with Gasteiger partial charge in [-0.15, -0.1) is 0 Å². The lowest BCUT2D eigenvalue weighted by atomic mass is 9.48. The van der Waals surface area contributed by atoms with Gasteiger partial charge in [-0.1, -0.05) is 52.1 Å². The number of ether oxygens (including phenoxy) is 2. The number of nitrogen functional groups attached to an aromatic ring is 2. The minimum absolute atomic E-state index is 0.0424. The monoisotopic (exact) mass is 584 g/mol. The lowest BCUT2D eigenvalue weighted by Gasteiger charge is -2.56. The maximum atomic E-state index is 13.5. The van der Waals surface area contributed by atoms with Crippen molar-refractivity contribution in [1.82, 2.24) is 0 Å². The standard InChI is InChI=1S/C29H39NO2.C8H9NO2/c1-6-22-16-25-24-8-7-14-29(5,17-32-15-13-21-9-11-23(30)12-10-21)27(24)20(4)28(31)26(25)19(3)18(22)2;1-11-8(10)6-2-4-7(9)5-3-6/h9-12,22,24-27H,2-4,6-8,13-17,30H2,1,5H3;2-5H,9H2,1H3/t22-,24?,25?,26?,27?,29-;/m0./s1. The first-order chi connectivity index (χ1) is 20.5. The van der Waals surface area contributed by atoms with E-state index in [-0.39, 0.29) is 29.0 Å². The van der Waals surface area contributed by atoms with Crippen molar-refractivity contribution in [2.24, 2.45) is 35.0 Å². The van der Waals surface area contributed by atoms with E-state index in [1.54, 1.807) is 24.3 Å². The van der Waals surface area contributed by atoms with Crippen molar-refractivity contribution in [3.05, 3.63) is 96.1 Å². The van der Waals surface area contributed by atoms with Crippen molar-refractivity contribution in [2.75, 3.05) is 31.8 Å². The molecule has 4 unspecified atom stereocenters. The molecular formula is C37H48N2O4. The van der Waals surface area contributed by atoms with E-state index in [0.717, 1.165) is 48.1 Å². The van der Waals surface area contributed by atoms with E-state index in [4.69, 9.17) is 16.2 Å². The summed E-state index contributed by atoms with van der Waals surface area (Å²) in [6.07, 6.45) is 6.45. The molecule has 4 N–H and O–H groups in total. The van der Waals surface area contributed by atoms with Crippen LogP contribution in [-0.4, -0.2) is 32.1 Å². The van der Waals surface area contributed by atoms with Crippen molar-refractivity contribution < 1.29 is 19.1 Å². The molecular weight excluding hydrogens is 536 g/mol. The number of carbonyl (C=O) groups excluding carboxylic acids is 2. The molecule has 6 atom stereocenters. The highest BCUT2D eigenvalue weighted by atomic mass is 16.5. The van der Waals surface area contributed by atoms with E-state index in [0.29, 0.717) is 42.2 Å². The zero-order valence-electron chi connectivity index (χ0n) is 26.1. The Morgan fingerprint density at radius 2 is 1.58 bits per heavy atom. The first kappa shape index (κ1) is 32.3. The molecule has 0 bridgehead atoms. The Hall–Kier alpha value is -3.64. The molecule has 3 aliphatic carbocycles. The number of nitrogens with two attached hydrogens (primary N) is 2.